The lowest BCUT2D eigenvalue weighted by molar-refractivity contribution is -0.385. The van der Waals surface area contributed by atoms with Crippen LogP contribution in [0.3, 0.4) is 0 Å². The van der Waals surface area contributed by atoms with Crippen molar-refractivity contribution in [1.29, 1.82) is 0 Å². The molecule has 0 fully saturated rings. The number of H-pyrrole nitrogens is 1. The first-order chi connectivity index (χ1) is 21.1. The van der Waals surface area contributed by atoms with Crippen molar-refractivity contribution < 1.29 is 23.5 Å². The van der Waals surface area contributed by atoms with Crippen LogP contribution >= 0.6 is 19.3 Å². The lowest BCUT2D eigenvalue weighted by atomic mass is 10.2. The number of hydrogen-bond acceptors (Lipinski definition) is 12. The van der Waals surface area contributed by atoms with Crippen LogP contribution in [0, 0.1) is 20.2 Å². The van der Waals surface area contributed by atoms with Crippen molar-refractivity contribution in [2.75, 3.05) is 0 Å². The quantitative estimate of drug-likeness (QED) is 0.0401. The fraction of sp³-hybridized carbons (Fsp3) is 0. The Hall–Kier alpha value is -6.16. The van der Waals surface area contributed by atoms with Gasteiger partial charge in [0.25, 0.3) is 16.9 Å². The summed E-state index contributed by atoms with van der Waals surface area (Å²) in [5.41, 5.74) is 9.20. The van der Waals surface area contributed by atoms with Gasteiger partial charge in [0.15, 0.2) is 0 Å². The topological polar surface area (TPSA) is 260 Å². The highest BCUT2D eigenvalue weighted by Crippen LogP contribution is 2.50. The number of benzene rings is 2. The van der Waals surface area contributed by atoms with Gasteiger partial charge >= 0.3 is 7.75 Å². The standard InChI is InChI=1S/C12H8N5O7P.C11H7ClN6O/c13-14-15-25(22,23-11-5-1-9(2-6-11)16(18)19)24-12-7-3-10(4-8-12)17(20)21;12-9-3-2-8(5-13-9)18-6-7(1-4-10(18)19)11-14-16-17-15-11/h1-8H;1-6H,(H,14,15,16,17). The number of tetrazole rings is 1. The van der Waals surface area contributed by atoms with Gasteiger partial charge < -0.3 is 9.05 Å². The Labute approximate surface area is 249 Å². The van der Waals surface area contributed by atoms with E-state index in [1.54, 1.807) is 24.4 Å². The highest BCUT2D eigenvalue weighted by molar-refractivity contribution is 7.53. The number of nitro groups is 2. The molecule has 0 bridgehead atoms. The highest BCUT2D eigenvalue weighted by atomic mass is 35.5. The third-order valence-corrected chi connectivity index (χ3v) is 6.60. The third-order valence-electron chi connectivity index (χ3n) is 5.19. The average Bonchev–Trinajstić information content (AvgIpc) is 3.54. The number of nitrogens with one attached hydrogen (secondary N) is 1. The second kappa shape index (κ2) is 13.7. The highest BCUT2D eigenvalue weighted by Gasteiger charge is 2.27. The fourth-order valence-corrected chi connectivity index (χ4v) is 4.34. The minimum Gasteiger partial charge on any atom is -0.411 e. The molecule has 44 heavy (non-hydrogen) atoms. The first-order valence-electron chi connectivity index (χ1n) is 11.7. The zero-order valence-corrected chi connectivity index (χ0v) is 23.3. The Kier molecular flexibility index (Phi) is 9.56. The van der Waals surface area contributed by atoms with Gasteiger partial charge in [-0.2, -0.15) is 5.21 Å². The first kappa shape index (κ1) is 30.8. The molecule has 222 valence electrons. The predicted octanol–water partition coefficient (Wildman–Crippen LogP) is 5.45. The van der Waals surface area contributed by atoms with Crippen LogP contribution in [-0.2, 0) is 4.57 Å². The number of rotatable bonds is 9. The first-order valence-corrected chi connectivity index (χ1v) is 13.6. The van der Waals surface area contributed by atoms with E-state index in [2.05, 4.69) is 35.4 Å². The maximum Gasteiger partial charge on any atom is 0.525 e. The molecule has 3 heterocycles. The maximum atomic E-state index is 12.5. The Morgan fingerprint density at radius 2 is 1.52 bits per heavy atom. The molecule has 1 N–H and O–H groups in total. The van der Waals surface area contributed by atoms with Crippen LogP contribution in [0.4, 0.5) is 11.4 Å². The van der Waals surface area contributed by atoms with Crippen LogP contribution in [-0.4, -0.2) is 40.0 Å². The Balaban J connectivity index is 0.000000208. The number of halogens is 1. The van der Waals surface area contributed by atoms with Crippen molar-refractivity contribution in [2.24, 2.45) is 4.88 Å². The van der Waals surface area contributed by atoms with Crippen LogP contribution in [0.5, 0.6) is 11.5 Å². The third kappa shape index (κ3) is 7.98. The summed E-state index contributed by atoms with van der Waals surface area (Å²) in [4.78, 5) is 41.1. The molecule has 0 amide bonds. The molecule has 0 saturated carbocycles. The summed E-state index contributed by atoms with van der Waals surface area (Å²) in [7, 11) is -4.37. The van der Waals surface area contributed by atoms with E-state index in [1.165, 1.54) is 16.8 Å². The van der Waals surface area contributed by atoms with E-state index in [4.69, 9.17) is 26.2 Å². The minimum atomic E-state index is -4.37. The summed E-state index contributed by atoms with van der Waals surface area (Å²) < 4.78 is 23.9. The average molecular weight is 640 g/mol. The van der Waals surface area contributed by atoms with E-state index in [0.29, 0.717) is 22.2 Å². The van der Waals surface area contributed by atoms with Crippen LogP contribution in [0.15, 0.2) is 94.9 Å². The zero-order valence-electron chi connectivity index (χ0n) is 21.6. The van der Waals surface area contributed by atoms with Crippen LogP contribution in [0.1, 0.15) is 0 Å². The molecule has 0 aliphatic heterocycles. The lowest BCUT2D eigenvalue weighted by Gasteiger charge is -2.15. The second-order valence-corrected chi connectivity index (χ2v) is 9.90. The second-order valence-electron chi connectivity index (χ2n) is 8.03. The van der Waals surface area contributed by atoms with E-state index >= 15 is 0 Å². The molecule has 0 radical (unpaired) electrons. The Morgan fingerprint density at radius 3 is 1.98 bits per heavy atom. The van der Waals surface area contributed by atoms with E-state index in [9.17, 15) is 29.6 Å². The smallest absolute Gasteiger partial charge is 0.411 e. The van der Waals surface area contributed by atoms with Crippen molar-refractivity contribution in [3.63, 3.8) is 0 Å². The lowest BCUT2D eigenvalue weighted by Crippen LogP contribution is -2.16. The van der Waals surface area contributed by atoms with Gasteiger partial charge in [-0.1, -0.05) is 11.6 Å². The van der Waals surface area contributed by atoms with Crippen molar-refractivity contribution in [1.82, 2.24) is 30.2 Å². The van der Waals surface area contributed by atoms with Crippen molar-refractivity contribution in [3.05, 3.63) is 131 Å². The molecule has 0 atom stereocenters. The molecule has 0 aliphatic rings. The van der Waals surface area contributed by atoms with Crippen molar-refractivity contribution in [3.8, 4) is 28.6 Å². The summed E-state index contributed by atoms with van der Waals surface area (Å²) >= 11 is 5.72. The normalized spacial score (nSPS) is 10.5. The summed E-state index contributed by atoms with van der Waals surface area (Å²) in [6.45, 7) is 0. The number of non-ortho nitro benzene ring substituents is 2. The zero-order chi connectivity index (χ0) is 31.7. The molecule has 5 rings (SSSR count). The molecule has 0 saturated heterocycles. The van der Waals surface area contributed by atoms with Gasteiger partial charge in [0.05, 0.1) is 21.7 Å². The van der Waals surface area contributed by atoms with Gasteiger partial charge in [-0.3, -0.25) is 29.6 Å². The Morgan fingerprint density at radius 1 is 0.932 bits per heavy atom. The largest absolute Gasteiger partial charge is 0.525 e. The van der Waals surface area contributed by atoms with Crippen molar-refractivity contribution >= 4 is 30.7 Å². The molecule has 2 aromatic carbocycles. The molecular formula is C23H15ClN11O8P. The van der Waals surface area contributed by atoms with Gasteiger partial charge in [0, 0.05) is 51.9 Å². The van der Waals surface area contributed by atoms with Crippen molar-refractivity contribution in [2.45, 2.75) is 0 Å². The van der Waals surface area contributed by atoms with E-state index in [0.717, 1.165) is 48.5 Å². The molecule has 19 nitrogen and oxygen atoms in total. The van der Waals surface area contributed by atoms with E-state index in [1.807, 2.05) is 0 Å². The number of pyridine rings is 2. The Bertz CT molecular complexity index is 1870. The molecule has 5 aromatic rings. The molecular weight excluding hydrogens is 625 g/mol. The number of nitro benzene ring substituents is 2. The predicted molar refractivity (Wildman–Crippen MR) is 152 cm³/mol. The minimum absolute atomic E-state index is 0.0942. The molecule has 0 unspecified atom stereocenters. The summed E-state index contributed by atoms with van der Waals surface area (Å²) in [5.74, 6) is 0.224. The molecule has 0 aliphatic carbocycles. The SMILES string of the molecule is O=c1ccc(-c2nn[nH]n2)cn1-c1ccc(Cl)nc1.[N-]=[N+]=NP(=O)(Oc1ccc([N+](=O)[O-])cc1)Oc1ccc([N+](=O)[O-])cc1. The van der Waals surface area contributed by atoms with Gasteiger partial charge in [-0.25, -0.2) is 9.55 Å². The maximum absolute atomic E-state index is 12.5. The van der Waals surface area contributed by atoms with Crippen LogP contribution in [0.2, 0.25) is 5.15 Å². The van der Waals surface area contributed by atoms with Gasteiger partial charge in [-0.15, -0.1) is 10.2 Å². The summed E-state index contributed by atoms with van der Waals surface area (Å²) in [6, 6.07) is 15.4. The number of aromatic amines is 1. The summed E-state index contributed by atoms with van der Waals surface area (Å²) in [5, 5.41) is 35.1. The van der Waals surface area contributed by atoms with Gasteiger partial charge in [0.2, 0.25) is 5.82 Å². The number of nitrogens with zero attached hydrogens (tertiary/aromatic N) is 10. The van der Waals surface area contributed by atoms with Gasteiger partial charge in [0.1, 0.15) is 16.7 Å². The monoisotopic (exact) mass is 639 g/mol. The molecule has 0 spiro atoms. The van der Waals surface area contributed by atoms with Crippen LogP contribution in [0.25, 0.3) is 27.5 Å². The number of hydrogen-bond donors (Lipinski definition) is 1. The molecule has 21 heteroatoms. The van der Waals surface area contributed by atoms with Crippen LogP contribution < -0.4 is 14.6 Å². The summed E-state index contributed by atoms with van der Waals surface area (Å²) in [6.07, 6.45) is 3.14. The molecule has 3 aromatic heterocycles. The van der Waals surface area contributed by atoms with Gasteiger partial charge in [-0.05, 0) is 53.2 Å². The fourth-order valence-electron chi connectivity index (χ4n) is 3.24. The number of aromatic nitrogens is 6. The van der Waals surface area contributed by atoms with E-state index in [-0.39, 0.29) is 28.4 Å². The number of azide groups is 1. The van der Waals surface area contributed by atoms with E-state index < -0.39 is 17.6 Å².